The minimum Gasteiger partial charge on any atom is -0.387 e. The van der Waals surface area contributed by atoms with Gasteiger partial charge in [-0.2, -0.15) is 0 Å². The predicted molar refractivity (Wildman–Crippen MR) is 97.9 cm³/mol. The third kappa shape index (κ3) is 5.66. The Hall–Kier alpha value is -2.24. The second kappa shape index (κ2) is 9.30. The largest absolute Gasteiger partial charge is 0.387 e. The first-order chi connectivity index (χ1) is 12.0. The molecule has 0 fully saturated rings. The number of carbonyl (C=O) groups is 1. The van der Waals surface area contributed by atoms with Crippen LogP contribution in [0.15, 0.2) is 48.5 Å². The highest BCUT2D eigenvalue weighted by Gasteiger charge is 2.15. The van der Waals surface area contributed by atoms with E-state index < -0.39 is 11.9 Å². The molecule has 2 aromatic rings. The van der Waals surface area contributed by atoms with Crippen LogP contribution in [0.25, 0.3) is 0 Å². The number of aliphatic hydroxyl groups is 1. The van der Waals surface area contributed by atoms with Crippen LogP contribution >= 0.6 is 0 Å². The topological polar surface area (TPSA) is 61.4 Å². The minimum atomic E-state index is -0.951. The Morgan fingerprint density at radius 2 is 1.84 bits per heavy atom. The zero-order valence-corrected chi connectivity index (χ0v) is 14.6. The Morgan fingerprint density at radius 1 is 1.16 bits per heavy atom. The van der Waals surface area contributed by atoms with Gasteiger partial charge in [0.05, 0.1) is 6.10 Å². The average molecular weight is 344 g/mol. The molecule has 134 valence electrons. The maximum Gasteiger partial charge on any atom is 0.225 e. The van der Waals surface area contributed by atoms with Gasteiger partial charge >= 0.3 is 0 Å². The summed E-state index contributed by atoms with van der Waals surface area (Å²) in [5.41, 5.74) is 2.17. The summed E-state index contributed by atoms with van der Waals surface area (Å²) >= 11 is 0. The lowest BCUT2D eigenvalue weighted by atomic mass is 10.1. The fraction of sp³-hybridized carbons (Fsp3) is 0.350. The van der Waals surface area contributed by atoms with Gasteiger partial charge in [-0.1, -0.05) is 43.3 Å². The zero-order chi connectivity index (χ0) is 18.2. The summed E-state index contributed by atoms with van der Waals surface area (Å²) < 4.78 is 13.6. The fourth-order valence-corrected chi connectivity index (χ4v) is 2.67. The first-order valence-corrected chi connectivity index (χ1v) is 8.54. The smallest absolute Gasteiger partial charge is 0.225 e. The van der Waals surface area contributed by atoms with Gasteiger partial charge in [-0.15, -0.1) is 0 Å². The second-order valence-corrected chi connectivity index (χ2v) is 6.11. The first-order valence-electron chi connectivity index (χ1n) is 8.54. The van der Waals surface area contributed by atoms with E-state index in [0.717, 1.165) is 17.7 Å². The van der Waals surface area contributed by atoms with E-state index in [4.69, 9.17) is 0 Å². The van der Waals surface area contributed by atoms with Crippen molar-refractivity contribution in [3.05, 3.63) is 65.5 Å². The number of hydrogen-bond acceptors (Lipinski definition) is 3. The summed E-state index contributed by atoms with van der Waals surface area (Å²) in [6.07, 6.45) is 0.161. The Morgan fingerprint density at radius 3 is 2.56 bits per heavy atom. The molecule has 0 aromatic heterocycles. The highest BCUT2D eigenvalue weighted by molar-refractivity contribution is 5.91. The molecule has 4 nitrogen and oxygen atoms in total. The normalized spacial score (nSPS) is 13.3. The quantitative estimate of drug-likeness (QED) is 0.687. The van der Waals surface area contributed by atoms with E-state index in [0.29, 0.717) is 0 Å². The highest BCUT2D eigenvalue weighted by Crippen LogP contribution is 2.17. The summed E-state index contributed by atoms with van der Waals surface area (Å²) in [6, 6.07) is 13.7. The van der Waals surface area contributed by atoms with Crippen molar-refractivity contribution in [2.45, 2.75) is 38.8 Å². The lowest BCUT2D eigenvalue weighted by Crippen LogP contribution is -2.34. The molecule has 0 saturated heterocycles. The van der Waals surface area contributed by atoms with Gasteiger partial charge in [-0.25, -0.2) is 4.39 Å². The standard InChI is InChI=1S/C20H25FN2O2/c1-3-15-8-4-7-11-18(15)23-20(25)12-14(2)22-13-19(24)16-9-5-6-10-17(16)21/h4-11,14,19,22,24H,3,12-13H2,1-2H3,(H,23,25). The van der Waals surface area contributed by atoms with Crippen LogP contribution in [0, 0.1) is 5.82 Å². The second-order valence-electron chi connectivity index (χ2n) is 6.11. The molecule has 0 radical (unpaired) electrons. The number of hydrogen-bond donors (Lipinski definition) is 3. The van der Waals surface area contributed by atoms with Crippen molar-refractivity contribution in [1.29, 1.82) is 0 Å². The van der Waals surface area contributed by atoms with Crippen molar-refractivity contribution in [2.75, 3.05) is 11.9 Å². The number of aryl methyl sites for hydroxylation is 1. The van der Waals surface area contributed by atoms with E-state index in [1.165, 1.54) is 6.07 Å². The Kier molecular flexibility index (Phi) is 7.10. The van der Waals surface area contributed by atoms with Gasteiger partial charge in [0.2, 0.25) is 5.91 Å². The van der Waals surface area contributed by atoms with Crippen LogP contribution < -0.4 is 10.6 Å². The predicted octanol–water partition coefficient (Wildman–Crippen LogP) is 3.43. The van der Waals surface area contributed by atoms with Crippen LogP contribution in [-0.2, 0) is 11.2 Å². The molecule has 0 aliphatic carbocycles. The monoisotopic (exact) mass is 344 g/mol. The summed E-state index contributed by atoms with van der Waals surface area (Å²) in [4.78, 5) is 12.2. The van der Waals surface area contributed by atoms with Crippen LogP contribution in [0.3, 0.4) is 0 Å². The van der Waals surface area contributed by atoms with Crippen LogP contribution in [0.5, 0.6) is 0 Å². The molecule has 3 N–H and O–H groups in total. The molecule has 0 saturated carbocycles. The Balaban J connectivity index is 1.82. The maximum absolute atomic E-state index is 13.6. The molecule has 1 amide bonds. The van der Waals surface area contributed by atoms with Crippen molar-refractivity contribution >= 4 is 11.6 Å². The van der Waals surface area contributed by atoms with Crippen LogP contribution in [0.2, 0.25) is 0 Å². The van der Waals surface area contributed by atoms with Crippen molar-refractivity contribution in [2.24, 2.45) is 0 Å². The summed E-state index contributed by atoms with van der Waals surface area (Å²) in [6.45, 7) is 4.08. The molecular weight excluding hydrogens is 319 g/mol. The Bertz CT molecular complexity index is 706. The van der Waals surface area contributed by atoms with Gasteiger partial charge in [0.25, 0.3) is 0 Å². The van der Waals surface area contributed by atoms with Crippen molar-refractivity contribution < 1.29 is 14.3 Å². The van der Waals surface area contributed by atoms with E-state index in [9.17, 15) is 14.3 Å². The Labute approximate surface area is 148 Å². The number of aliphatic hydroxyl groups excluding tert-OH is 1. The lowest BCUT2D eigenvalue weighted by molar-refractivity contribution is -0.116. The maximum atomic E-state index is 13.6. The van der Waals surface area contributed by atoms with E-state index in [1.54, 1.807) is 18.2 Å². The number of amides is 1. The first kappa shape index (κ1) is 19.1. The number of rotatable bonds is 8. The molecule has 0 heterocycles. The summed E-state index contributed by atoms with van der Waals surface area (Å²) in [5, 5.41) is 16.1. The number of anilines is 1. The van der Waals surface area contributed by atoms with Gasteiger partial charge in [-0.3, -0.25) is 4.79 Å². The number of halogens is 1. The molecule has 0 aliphatic rings. The lowest BCUT2D eigenvalue weighted by Gasteiger charge is -2.18. The molecule has 2 rings (SSSR count). The number of benzene rings is 2. The number of para-hydroxylation sites is 1. The van der Waals surface area contributed by atoms with Crippen molar-refractivity contribution in [1.82, 2.24) is 5.32 Å². The molecule has 5 heteroatoms. The van der Waals surface area contributed by atoms with Gasteiger partial charge in [-0.05, 0) is 31.0 Å². The highest BCUT2D eigenvalue weighted by atomic mass is 19.1. The SMILES string of the molecule is CCc1ccccc1NC(=O)CC(C)NCC(O)c1ccccc1F. The summed E-state index contributed by atoms with van der Waals surface area (Å²) in [5.74, 6) is -0.528. The van der Waals surface area contributed by atoms with Gasteiger partial charge in [0, 0.05) is 30.3 Å². The van der Waals surface area contributed by atoms with E-state index in [2.05, 4.69) is 10.6 Å². The van der Waals surface area contributed by atoms with Crippen molar-refractivity contribution in [3.63, 3.8) is 0 Å². The van der Waals surface area contributed by atoms with E-state index in [1.807, 2.05) is 38.1 Å². The van der Waals surface area contributed by atoms with Gasteiger partial charge in [0.1, 0.15) is 5.82 Å². The third-order valence-corrected chi connectivity index (χ3v) is 4.09. The number of nitrogens with one attached hydrogen (secondary N) is 2. The van der Waals surface area contributed by atoms with Crippen molar-refractivity contribution in [3.8, 4) is 0 Å². The molecule has 0 spiro atoms. The number of carbonyl (C=O) groups excluding carboxylic acids is 1. The molecule has 2 aromatic carbocycles. The molecular formula is C20H25FN2O2. The molecule has 0 aliphatic heterocycles. The fourth-order valence-electron chi connectivity index (χ4n) is 2.67. The molecule has 25 heavy (non-hydrogen) atoms. The van der Waals surface area contributed by atoms with E-state index in [-0.39, 0.29) is 30.5 Å². The average Bonchev–Trinajstić information content (AvgIpc) is 2.60. The zero-order valence-electron chi connectivity index (χ0n) is 14.6. The molecule has 0 bridgehead atoms. The summed E-state index contributed by atoms with van der Waals surface area (Å²) in [7, 11) is 0. The minimum absolute atomic E-state index is 0.0960. The van der Waals surface area contributed by atoms with Gasteiger partial charge in [0.15, 0.2) is 0 Å². The molecule has 2 atom stereocenters. The van der Waals surface area contributed by atoms with E-state index >= 15 is 0 Å². The van der Waals surface area contributed by atoms with Gasteiger partial charge < -0.3 is 15.7 Å². The van der Waals surface area contributed by atoms with Crippen LogP contribution in [-0.4, -0.2) is 23.6 Å². The molecule has 2 unspecified atom stereocenters. The third-order valence-electron chi connectivity index (χ3n) is 4.09. The van der Waals surface area contributed by atoms with Crippen LogP contribution in [0.1, 0.15) is 37.5 Å². The van der Waals surface area contributed by atoms with Crippen LogP contribution in [0.4, 0.5) is 10.1 Å².